The van der Waals surface area contributed by atoms with Crippen molar-refractivity contribution in [2.24, 2.45) is 11.7 Å². The molecule has 4 heteroatoms. The van der Waals surface area contributed by atoms with Crippen LogP contribution >= 0.6 is 0 Å². The van der Waals surface area contributed by atoms with Crippen LogP contribution in [0.5, 0.6) is 0 Å². The van der Waals surface area contributed by atoms with Crippen molar-refractivity contribution in [1.82, 2.24) is 4.90 Å². The summed E-state index contributed by atoms with van der Waals surface area (Å²) in [7, 11) is 3.41. The number of hydrogen-bond acceptors (Lipinski definition) is 4. The van der Waals surface area contributed by atoms with Gasteiger partial charge in [-0.05, 0) is 31.7 Å². The van der Waals surface area contributed by atoms with E-state index in [1.54, 1.807) is 14.2 Å². The smallest absolute Gasteiger partial charge is 0.158 e. The van der Waals surface area contributed by atoms with E-state index in [9.17, 15) is 0 Å². The van der Waals surface area contributed by atoms with Gasteiger partial charge in [0.25, 0.3) is 0 Å². The van der Waals surface area contributed by atoms with Crippen molar-refractivity contribution in [3.8, 4) is 0 Å². The molecule has 1 saturated carbocycles. The van der Waals surface area contributed by atoms with Gasteiger partial charge in [-0.1, -0.05) is 26.7 Å². The summed E-state index contributed by atoms with van der Waals surface area (Å²) in [5.74, 6) is 0.734. The maximum absolute atomic E-state index is 6.05. The standard InChI is InChI=1S/C16H34N2O2/c1-13(2)9-10-18(14-7-5-6-8-14)15(12-17)11-16(19-3)20-4/h13-16H,5-12,17H2,1-4H3. The predicted octanol–water partition coefficient (Wildman–Crippen LogP) is 2.61. The third kappa shape index (κ3) is 5.68. The van der Waals surface area contributed by atoms with E-state index >= 15 is 0 Å². The lowest BCUT2D eigenvalue weighted by Gasteiger charge is -2.37. The van der Waals surface area contributed by atoms with Crippen LogP contribution in [0, 0.1) is 5.92 Å². The number of ether oxygens (including phenoxy) is 2. The normalized spacial score (nSPS) is 18.6. The summed E-state index contributed by atoms with van der Waals surface area (Å²) in [6.07, 6.45) is 7.30. The van der Waals surface area contributed by atoms with Gasteiger partial charge in [0.05, 0.1) is 0 Å². The molecule has 0 saturated heterocycles. The Morgan fingerprint density at radius 2 is 1.75 bits per heavy atom. The molecule has 0 aliphatic heterocycles. The average molecular weight is 286 g/mol. The minimum absolute atomic E-state index is 0.147. The Kier molecular flexibility index (Phi) is 8.69. The van der Waals surface area contributed by atoms with Crippen LogP contribution < -0.4 is 5.73 Å². The van der Waals surface area contributed by atoms with Crippen molar-refractivity contribution in [2.45, 2.75) is 70.7 Å². The fourth-order valence-electron chi connectivity index (χ4n) is 3.18. The van der Waals surface area contributed by atoms with E-state index < -0.39 is 0 Å². The van der Waals surface area contributed by atoms with Crippen molar-refractivity contribution in [1.29, 1.82) is 0 Å². The molecule has 1 atom stereocenters. The zero-order valence-electron chi connectivity index (χ0n) is 13.8. The van der Waals surface area contributed by atoms with Crippen molar-refractivity contribution in [3.05, 3.63) is 0 Å². The maximum atomic E-state index is 6.05. The van der Waals surface area contributed by atoms with Gasteiger partial charge in [-0.15, -0.1) is 0 Å². The van der Waals surface area contributed by atoms with Crippen LogP contribution in [0.4, 0.5) is 0 Å². The zero-order valence-corrected chi connectivity index (χ0v) is 13.8. The molecule has 20 heavy (non-hydrogen) atoms. The maximum Gasteiger partial charge on any atom is 0.158 e. The van der Waals surface area contributed by atoms with E-state index in [2.05, 4.69) is 18.7 Å². The Morgan fingerprint density at radius 3 is 2.20 bits per heavy atom. The van der Waals surface area contributed by atoms with Gasteiger partial charge in [0.2, 0.25) is 0 Å². The van der Waals surface area contributed by atoms with Gasteiger partial charge in [-0.25, -0.2) is 0 Å². The van der Waals surface area contributed by atoms with Crippen LogP contribution in [0.3, 0.4) is 0 Å². The minimum Gasteiger partial charge on any atom is -0.356 e. The van der Waals surface area contributed by atoms with Crippen molar-refractivity contribution in [2.75, 3.05) is 27.3 Å². The van der Waals surface area contributed by atoms with E-state index in [-0.39, 0.29) is 6.29 Å². The molecule has 0 heterocycles. The van der Waals surface area contributed by atoms with Gasteiger partial charge >= 0.3 is 0 Å². The fraction of sp³-hybridized carbons (Fsp3) is 1.00. The van der Waals surface area contributed by atoms with Gasteiger partial charge in [0.15, 0.2) is 6.29 Å². The number of methoxy groups -OCH3 is 2. The summed E-state index contributed by atoms with van der Waals surface area (Å²) >= 11 is 0. The van der Waals surface area contributed by atoms with Gasteiger partial charge in [-0.3, -0.25) is 4.90 Å². The number of hydrogen-bond donors (Lipinski definition) is 1. The first kappa shape index (κ1) is 17.9. The zero-order chi connectivity index (χ0) is 15.0. The van der Waals surface area contributed by atoms with Crippen molar-refractivity contribution >= 4 is 0 Å². The van der Waals surface area contributed by atoms with E-state index in [1.807, 2.05) is 0 Å². The van der Waals surface area contributed by atoms with Gasteiger partial charge in [-0.2, -0.15) is 0 Å². The molecule has 1 aliphatic carbocycles. The largest absolute Gasteiger partial charge is 0.356 e. The second-order valence-corrected chi connectivity index (χ2v) is 6.38. The molecule has 0 aromatic rings. The summed E-state index contributed by atoms with van der Waals surface area (Å²) in [5, 5.41) is 0. The minimum atomic E-state index is -0.147. The molecular formula is C16H34N2O2. The highest BCUT2D eigenvalue weighted by Gasteiger charge is 2.29. The molecule has 1 rings (SSSR count). The second-order valence-electron chi connectivity index (χ2n) is 6.38. The van der Waals surface area contributed by atoms with Gasteiger partial charge < -0.3 is 15.2 Å². The fourth-order valence-corrected chi connectivity index (χ4v) is 3.18. The summed E-state index contributed by atoms with van der Waals surface area (Å²) < 4.78 is 10.7. The lowest BCUT2D eigenvalue weighted by Crippen LogP contribution is -2.48. The molecule has 0 spiro atoms. The van der Waals surface area contributed by atoms with Crippen molar-refractivity contribution < 1.29 is 9.47 Å². The van der Waals surface area contributed by atoms with Gasteiger partial charge in [0, 0.05) is 39.3 Å². The molecule has 1 unspecified atom stereocenters. The first-order valence-corrected chi connectivity index (χ1v) is 8.13. The lowest BCUT2D eigenvalue weighted by atomic mass is 10.0. The molecule has 0 aromatic carbocycles. The molecule has 0 bridgehead atoms. The number of nitrogens with zero attached hydrogens (tertiary/aromatic N) is 1. The second kappa shape index (κ2) is 9.72. The Hall–Kier alpha value is -0.160. The Bertz CT molecular complexity index is 239. The highest BCUT2D eigenvalue weighted by molar-refractivity contribution is 4.84. The molecule has 2 N–H and O–H groups in total. The number of nitrogens with two attached hydrogens (primary N) is 1. The topological polar surface area (TPSA) is 47.7 Å². The van der Waals surface area contributed by atoms with E-state index in [0.717, 1.165) is 18.9 Å². The van der Waals surface area contributed by atoms with Gasteiger partial charge in [0.1, 0.15) is 0 Å². The average Bonchev–Trinajstić information content (AvgIpc) is 2.96. The highest BCUT2D eigenvalue weighted by atomic mass is 16.7. The van der Waals surface area contributed by atoms with Crippen LogP contribution in [-0.4, -0.2) is 50.6 Å². The molecule has 4 nitrogen and oxygen atoms in total. The quantitative estimate of drug-likeness (QED) is 0.627. The SMILES string of the molecule is COC(CC(CN)N(CCC(C)C)C1CCCC1)OC. The first-order valence-electron chi connectivity index (χ1n) is 8.13. The molecule has 1 fully saturated rings. The van der Waals surface area contributed by atoms with E-state index in [0.29, 0.717) is 18.6 Å². The summed E-state index contributed by atoms with van der Waals surface area (Å²) in [6.45, 7) is 6.40. The van der Waals surface area contributed by atoms with Crippen LogP contribution in [0.1, 0.15) is 52.4 Å². The summed E-state index contributed by atoms with van der Waals surface area (Å²) in [4.78, 5) is 2.64. The molecular weight excluding hydrogens is 252 g/mol. The molecule has 0 aromatic heterocycles. The van der Waals surface area contributed by atoms with Crippen LogP contribution in [0.15, 0.2) is 0 Å². The summed E-state index contributed by atoms with van der Waals surface area (Å²) in [5.41, 5.74) is 6.05. The van der Waals surface area contributed by atoms with Crippen LogP contribution in [0.25, 0.3) is 0 Å². The van der Waals surface area contributed by atoms with E-state index in [1.165, 1.54) is 32.1 Å². The van der Waals surface area contributed by atoms with Crippen LogP contribution in [0.2, 0.25) is 0 Å². The molecule has 120 valence electrons. The summed E-state index contributed by atoms with van der Waals surface area (Å²) in [6, 6.07) is 1.07. The Labute approximate surface area is 125 Å². The predicted molar refractivity (Wildman–Crippen MR) is 83.7 cm³/mol. The Balaban J connectivity index is 2.65. The lowest BCUT2D eigenvalue weighted by molar-refractivity contribution is -0.118. The van der Waals surface area contributed by atoms with E-state index in [4.69, 9.17) is 15.2 Å². The molecule has 0 radical (unpaired) electrons. The monoisotopic (exact) mass is 286 g/mol. The molecule has 0 amide bonds. The highest BCUT2D eigenvalue weighted by Crippen LogP contribution is 2.27. The van der Waals surface area contributed by atoms with Crippen LogP contribution in [-0.2, 0) is 9.47 Å². The first-order chi connectivity index (χ1) is 9.62. The molecule has 1 aliphatic rings. The third-order valence-electron chi connectivity index (χ3n) is 4.49. The van der Waals surface area contributed by atoms with Crippen molar-refractivity contribution in [3.63, 3.8) is 0 Å². The Morgan fingerprint density at radius 1 is 1.15 bits per heavy atom. The third-order valence-corrected chi connectivity index (χ3v) is 4.49. The number of rotatable bonds is 10.